The van der Waals surface area contributed by atoms with Crippen molar-refractivity contribution in [1.82, 2.24) is 15.3 Å². The van der Waals surface area contributed by atoms with Crippen LogP contribution in [-0.4, -0.2) is 32.8 Å². The number of nitrogens with one attached hydrogen (secondary N) is 1. The Hall–Kier alpha value is -0.260. The maximum Gasteiger partial charge on any atom is 0.142 e. The van der Waals surface area contributed by atoms with Gasteiger partial charge in [-0.3, -0.25) is 0 Å². The van der Waals surface area contributed by atoms with Crippen LogP contribution in [0.1, 0.15) is 37.5 Å². The molecule has 2 unspecified atom stereocenters. The largest absolute Gasteiger partial charge is 0.309 e. The topological polar surface area (TPSA) is 37.8 Å². The van der Waals surface area contributed by atoms with Crippen LogP contribution >= 0.6 is 23.5 Å². The molecule has 0 aliphatic carbocycles. The number of hydrogen-bond acceptors (Lipinski definition) is 5. The van der Waals surface area contributed by atoms with Crippen LogP contribution < -0.4 is 5.32 Å². The summed E-state index contributed by atoms with van der Waals surface area (Å²) in [7, 11) is 0. The molecule has 1 aromatic heterocycles. The van der Waals surface area contributed by atoms with E-state index in [0.717, 1.165) is 18.1 Å². The van der Waals surface area contributed by atoms with Gasteiger partial charge in [-0.15, -0.1) is 11.8 Å². The standard InChI is InChI=1S/C13H21N3S2/c1-9(2)15-8-11-4-5-14-13(16-11)12-10(3)17-6-7-18-12/h4-5,9-10,12,15H,6-8H2,1-3H3. The van der Waals surface area contributed by atoms with Crippen LogP contribution in [0.25, 0.3) is 0 Å². The van der Waals surface area contributed by atoms with Crippen molar-refractivity contribution >= 4 is 23.5 Å². The minimum atomic E-state index is 0.447. The maximum atomic E-state index is 4.71. The van der Waals surface area contributed by atoms with E-state index in [9.17, 15) is 0 Å². The molecule has 0 bridgehead atoms. The molecular weight excluding hydrogens is 262 g/mol. The quantitative estimate of drug-likeness (QED) is 0.920. The minimum Gasteiger partial charge on any atom is -0.309 e. The monoisotopic (exact) mass is 283 g/mol. The Balaban J connectivity index is 2.06. The lowest BCUT2D eigenvalue weighted by Gasteiger charge is -2.26. The van der Waals surface area contributed by atoms with Gasteiger partial charge in [0.1, 0.15) is 5.82 Å². The SMILES string of the molecule is CC(C)NCc1ccnc(C2SCCSC2C)n1. The van der Waals surface area contributed by atoms with Crippen LogP contribution in [0.5, 0.6) is 0 Å². The first-order valence-corrected chi connectivity index (χ1v) is 8.55. The molecule has 0 amide bonds. The summed E-state index contributed by atoms with van der Waals surface area (Å²) >= 11 is 4.02. The number of rotatable bonds is 4. The highest BCUT2D eigenvalue weighted by Crippen LogP contribution is 2.40. The Kier molecular flexibility index (Phi) is 5.33. The molecule has 0 aromatic carbocycles. The highest BCUT2D eigenvalue weighted by atomic mass is 32.2. The van der Waals surface area contributed by atoms with Crippen molar-refractivity contribution in [3.63, 3.8) is 0 Å². The van der Waals surface area contributed by atoms with E-state index >= 15 is 0 Å². The van der Waals surface area contributed by atoms with Crippen molar-refractivity contribution in [2.24, 2.45) is 0 Å². The molecule has 5 heteroatoms. The summed E-state index contributed by atoms with van der Waals surface area (Å²) in [6, 6.07) is 2.49. The van der Waals surface area contributed by atoms with Crippen LogP contribution in [0.4, 0.5) is 0 Å². The molecule has 2 atom stereocenters. The van der Waals surface area contributed by atoms with Crippen LogP contribution in [0.2, 0.25) is 0 Å². The van der Waals surface area contributed by atoms with E-state index in [-0.39, 0.29) is 0 Å². The highest BCUT2D eigenvalue weighted by molar-refractivity contribution is 8.06. The molecule has 1 aliphatic rings. The van der Waals surface area contributed by atoms with Crippen LogP contribution in [0.3, 0.4) is 0 Å². The van der Waals surface area contributed by atoms with Gasteiger partial charge in [0.05, 0.1) is 10.9 Å². The van der Waals surface area contributed by atoms with Crippen molar-refractivity contribution in [1.29, 1.82) is 0 Å². The lowest BCUT2D eigenvalue weighted by Crippen LogP contribution is -2.23. The molecule has 1 aliphatic heterocycles. The van der Waals surface area contributed by atoms with Gasteiger partial charge in [0.25, 0.3) is 0 Å². The second kappa shape index (κ2) is 6.78. The van der Waals surface area contributed by atoms with E-state index in [4.69, 9.17) is 4.98 Å². The number of hydrogen-bond donors (Lipinski definition) is 1. The summed E-state index contributed by atoms with van der Waals surface area (Å²) < 4.78 is 0. The summed E-state index contributed by atoms with van der Waals surface area (Å²) in [5.41, 5.74) is 1.09. The Bertz CT molecular complexity index is 384. The van der Waals surface area contributed by atoms with Gasteiger partial charge >= 0.3 is 0 Å². The summed E-state index contributed by atoms with van der Waals surface area (Å²) in [5, 5.41) is 4.46. The average molecular weight is 283 g/mol. The third-order valence-electron chi connectivity index (χ3n) is 2.87. The Morgan fingerprint density at radius 2 is 2.17 bits per heavy atom. The molecule has 0 spiro atoms. The summed E-state index contributed by atoms with van der Waals surface area (Å²) in [5.74, 6) is 3.46. The fraction of sp³-hybridized carbons (Fsp3) is 0.692. The molecular formula is C13H21N3S2. The van der Waals surface area contributed by atoms with Crippen LogP contribution in [0, 0.1) is 0 Å². The van der Waals surface area contributed by atoms with Crippen molar-refractivity contribution in [3.8, 4) is 0 Å². The smallest absolute Gasteiger partial charge is 0.142 e. The molecule has 1 saturated heterocycles. The number of thioether (sulfide) groups is 2. The summed E-state index contributed by atoms with van der Waals surface area (Å²) in [6.07, 6.45) is 1.90. The van der Waals surface area contributed by atoms with Crippen molar-refractivity contribution in [2.75, 3.05) is 11.5 Å². The van der Waals surface area contributed by atoms with Gasteiger partial charge in [0.2, 0.25) is 0 Å². The fourth-order valence-corrected chi connectivity index (χ4v) is 4.57. The van der Waals surface area contributed by atoms with E-state index in [1.54, 1.807) is 0 Å². The predicted octanol–water partition coefficient (Wildman–Crippen LogP) is 2.88. The lowest BCUT2D eigenvalue weighted by atomic mass is 10.3. The zero-order valence-corrected chi connectivity index (χ0v) is 12.9. The lowest BCUT2D eigenvalue weighted by molar-refractivity contribution is 0.578. The van der Waals surface area contributed by atoms with Crippen LogP contribution in [-0.2, 0) is 6.54 Å². The minimum absolute atomic E-state index is 0.447. The summed E-state index contributed by atoms with van der Waals surface area (Å²) in [6.45, 7) is 7.41. The van der Waals surface area contributed by atoms with E-state index in [1.165, 1.54) is 11.5 Å². The predicted molar refractivity (Wildman–Crippen MR) is 81.1 cm³/mol. The second-order valence-electron chi connectivity index (χ2n) is 4.81. The molecule has 0 radical (unpaired) electrons. The zero-order chi connectivity index (χ0) is 13.0. The normalized spacial score (nSPS) is 24.4. The third-order valence-corrected chi connectivity index (χ3v) is 5.95. The molecule has 18 heavy (non-hydrogen) atoms. The first kappa shape index (κ1) is 14.2. The molecule has 2 rings (SSSR count). The van der Waals surface area contributed by atoms with Crippen molar-refractivity contribution < 1.29 is 0 Å². The van der Waals surface area contributed by atoms with E-state index in [2.05, 4.69) is 31.1 Å². The average Bonchev–Trinajstić information content (AvgIpc) is 2.37. The van der Waals surface area contributed by atoms with Gasteiger partial charge in [0.15, 0.2) is 0 Å². The molecule has 1 N–H and O–H groups in total. The number of nitrogens with zero attached hydrogens (tertiary/aromatic N) is 2. The van der Waals surface area contributed by atoms with Crippen LogP contribution in [0.15, 0.2) is 12.3 Å². The van der Waals surface area contributed by atoms with E-state index in [0.29, 0.717) is 16.5 Å². The van der Waals surface area contributed by atoms with Crippen molar-refractivity contribution in [2.45, 2.75) is 43.9 Å². The van der Waals surface area contributed by atoms with Gasteiger partial charge in [-0.25, -0.2) is 9.97 Å². The van der Waals surface area contributed by atoms with Gasteiger partial charge < -0.3 is 5.32 Å². The third kappa shape index (κ3) is 3.87. The first-order valence-electron chi connectivity index (χ1n) is 6.45. The molecule has 3 nitrogen and oxygen atoms in total. The second-order valence-corrected chi connectivity index (χ2v) is 7.54. The van der Waals surface area contributed by atoms with Gasteiger partial charge in [-0.1, -0.05) is 20.8 Å². The van der Waals surface area contributed by atoms with E-state index < -0.39 is 0 Å². The first-order chi connectivity index (χ1) is 8.66. The van der Waals surface area contributed by atoms with Gasteiger partial charge in [0, 0.05) is 35.5 Å². The molecule has 2 heterocycles. The van der Waals surface area contributed by atoms with E-state index in [1.807, 2.05) is 35.8 Å². The zero-order valence-electron chi connectivity index (χ0n) is 11.2. The fourth-order valence-electron chi connectivity index (χ4n) is 1.87. The molecule has 100 valence electrons. The highest BCUT2D eigenvalue weighted by Gasteiger charge is 2.26. The molecule has 1 fully saturated rings. The van der Waals surface area contributed by atoms with Gasteiger partial charge in [-0.2, -0.15) is 11.8 Å². The van der Waals surface area contributed by atoms with Crippen molar-refractivity contribution in [3.05, 3.63) is 23.8 Å². The number of aromatic nitrogens is 2. The Morgan fingerprint density at radius 3 is 2.89 bits per heavy atom. The Morgan fingerprint density at radius 1 is 1.39 bits per heavy atom. The summed E-state index contributed by atoms with van der Waals surface area (Å²) in [4.78, 5) is 9.18. The molecule has 1 aromatic rings. The molecule has 0 saturated carbocycles. The maximum absolute atomic E-state index is 4.71. The van der Waals surface area contributed by atoms with Gasteiger partial charge in [-0.05, 0) is 6.07 Å². The Labute approximate surface area is 118 Å².